The first-order chi connectivity index (χ1) is 14.4. The molecule has 30 heavy (non-hydrogen) atoms. The number of aliphatic hydroxyl groups is 1. The number of methoxy groups -OCH3 is 1. The van der Waals surface area contributed by atoms with Crippen molar-refractivity contribution in [3.63, 3.8) is 0 Å². The average Bonchev–Trinajstić information content (AvgIpc) is 3.19. The molecule has 168 valence electrons. The van der Waals surface area contributed by atoms with E-state index in [0.717, 1.165) is 50.3 Å². The van der Waals surface area contributed by atoms with Crippen LogP contribution in [0.2, 0.25) is 0 Å². The topological polar surface area (TPSA) is 71.5 Å². The van der Waals surface area contributed by atoms with E-state index in [-0.39, 0.29) is 18.1 Å². The van der Waals surface area contributed by atoms with Gasteiger partial charge in [-0.05, 0) is 64.0 Å². The summed E-state index contributed by atoms with van der Waals surface area (Å²) in [6.45, 7) is 4.35. The van der Waals surface area contributed by atoms with Crippen LogP contribution in [-0.2, 0) is 9.53 Å². The van der Waals surface area contributed by atoms with Crippen LogP contribution in [0.3, 0.4) is 0 Å². The van der Waals surface area contributed by atoms with Crippen LogP contribution in [-0.4, -0.2) is 79.1 Å². The first-order valence-corrected chi connectivity index (χ1v) is 11.1. The summed E-state index contributed by atoms with van der Waals surface area (Å²) in [5.74, 6) is 1.83. The lowest BCUT2D eigenvalue weighted by Crippen LogP contribution is -2.43. The molecule has 1 aromatic rings. The number of amides is 1. The van der Waals surface area contributed by atoms with E-state index in [1.165, 1.54) is 0 Å². The molecule has 0 saturated carbocycles. The van der Waals surface area contributed by atoms with E-state index in [1.807, 2.05) is 36.1 Å². The summed E-state index contributed by atoms with van der Waals surface area (Å²) < 4.78 is 16.6. The number of carbonyl (C=O) groups excluding carboxylic acids is 1. The smallest absolute Gasteiger partial charge is 0.222 e. The lowest BCUT2D eigenvalue weighted by Gasteiger charge is -2.36. The molecule has 2 aliphatic rings. The minimum absolute atomic E-state index is 0.0513. The second-order valence-electron chi connectivity index (χ2n) is 8.51. The first kappa shape index (κ1) is 22.8. The fourth-order valence-electron chi connectivity index (χ4n) is 4.33. The highest BCUT2D eigenvalue weighted by molar-refractivity contribution is 5.76. The summed E-state index contributed by atoms with van der Waals surface area (Å²) in [4.78, 5) is 16.8. The van der Waals surface area contributed by atoms with Gasteiger partial charge in [-0.3, -0.25) is 4.79 Å². The van der Waals surface area contributed by atoms with Gasteiger partial charge in [0.2, 0.25) is 5.91 Å². The Morgan fingerprint density at radius 2 is 1.97 bits per heavy atom. The Balaban J connectivity index is 1.32. The molecule has 4 unspecified atom stereocenters. The first-order valence-electron chi connectivity index (χ1n) is 11.1. The van der Waals surface area contributed by atoms with Crippen LogP contribution in [0.25, 0.3) is 0 Å². The molecular weight excluding hydrogens is 384 g/mol. The highest BCUT2D eigenvalue weighted by atomic mass is 16.6. The maximum Gasteiger partial charge on any atom is 0.222 e. The van der Waals surface area contributed by atoms with E-state index >= 15 is 0 Å². The summed E-state index contributed by atoms with van der Waals surface area (Å²) >= 11 is 0. The van der Waals surface area contributed by atoms with Crippen LogP contribution < -0.4 is 9.47 Å². The molecule has 2 fully saturated rings. The van der Waals surface area contributed by atoms with Crippen molar-refractivity contribution in [2.75, 3.05) is 33.8 Å². The zero-order valence-corrected chi connectivity index (χ0v) is 18.5. The molecule has 1 N–H and O–H groups in total. The Hall–Kier alpha value is -1.83. The van der Waals surface area contributed by atoms with Crippen LogP contribution in [0.15, 0.2) is 24.3 Å². The fraction of sp³-hybridized carbons (Fsp3) is 0.696. The quantitative estimate of drug-likeness (QED) is 0.620. The third-order valence-electron chi connectivity index (χ3n) is 6.10. The summed E-state index contributed by atoms with van der Waals surface area (Å²) in [6, 6.07) is 7.90. The lowest BCUT2D eigenvalue weighted by molar-refractivity contribution is -0.173. The molecule has 3 rings (SSSR count). The molecule has 2 saturated heterocycles. The van der Waals surface area contributed by atoms with Crippen molar-refractivity contribution >= 4 is 5.91 Å². The number of benzene rings is 1. The van der Waals surface area contributed by atoms with Gasteiger partial charge >= 0.3 is 0 Å². The third-order valence-corrected chi connectivity index (χ3v) is 6.10. The van der Waals surface area contributed by atoms with Gasteiger partial charge in [0.25, 0.3) is 0 Å². The molecule has 2 heterocycles. The maximum atomic E-state index is 12.5. The number of rotatable bonds is 9. The molecule has 2 aliphatic heterocycles. The van der Waals surface area contributed by atoms with Gasteiger partial charge in [-0.2, -0.15) is 0 Å². The molecule has 0 bridgehead atoms. The van der Waals surface area contributed by atoms with Crippen molar-refractivity contribution in [3.8, 4) is 11.5 Å². The van der Waals surface area contributed by atoms with Gasteiger partial charge in [0.1, 0.15) is 17.6 Å². The largest absolute Gasteiger partial charge is 0.497 e. The molecule has 0 spiro atoms. The number of ether oxygens (including phenoxy) is 3. The Morgan fingerprint density at radius 3 is 2.67 bits per heavy atom. The minimum atomic E-state index is -0.661. The molecule has 0 radical (unpaired) electrons. The van der Waals surface area contributed by atoms with Gasteiger partial charge in [-0.25, -0.2) is 0 Å². The van der Waals surface area contributed by atoms with Gasteiger partial charge in [-0.15, -0.1) is 0 Å². The third kappa shape index (κ3) is 6.59. The highest BCUT2D eigenvalue weighted by Gasteiger charge is 2.29. The van der Waals surface area contributed by atoms with Crippen LogP contribution >= 0.6 is 0 Å². The molecule has 7 heteroatoms. The number of unbranched alkanes of at least 4 members (excludes halogenated alkanes) is 1. The van der Waals surface area contributed by atoms with E-state index in [2.05, 4.69) is 11.9 Å². The Morgan fingerprint density at radius 1 is 1.23 bits per heavy atom. The molecular formula is C23H36N2O5. The van der Waals surface area contributed by atoms with Crippen molar-refractivity contribution < 1.29 is 24.1 Å². The number of nitrogens with zero attached hydrogens (tertiary/aromatic N) is 2. The summed E-state index contributed by atoms with van der Waals surface area (Å²) in [7, 11) is 3.74. The predicted octanol–water partition coefficient (Wildman–Crippen LogP) is 2.66. The number of aliphatic hydroxyl groups excluding tert-OH is 1. The summed E-state index contributed by atoms with van der Waals surface area (Å²) in [5.41, 5.74) is 0. The maximum absolute atomic E-state index is 12.5. The number of hydrogen-bond acceptors (Lipinski definition) is 6. The Kier molecular flexibility index (Phi) is 8.36. The van der Waals surface area contributed by atoms with E-state index in [0.29, 0.717) is 25.4 Å². The second-order valence-corrected chi connectivity index (χ2v) is 8.51. The molecule has 1 aromatic carbocycles. The van der Waals surface area contributed by atoms with E-state index < -0.39 is 6.29 Å². The Bertz CT molecular complexity index is 658. The van der Waals surface area contributed by atoms with Crippen LogP contribution in [0.4, 0.5) is 0 Å². The Labute approximate surface area is 179 Å². The van der Waals surface area contributed by atoms with E-state index in [1.54, 1.807) is 7.11 Å². The fourth-order valence-corrected chi connectivity index (χ4v) is 4.33. The predicted molar refractivity (Wildman–Crippen MR) is 115 cm³/mol. The van der Waals surface area contributed by atoms with E-state index in [4.69, 9.17) is 14.2 Å². The molecule has 4 atom stereocenters. The van der Waals surface area contributed by atoms with Crippen LogP contribution in [0, 0.1) is 0 Å². The molecule has 0 aromatic heterocycles. The van der Waals surface area contributed by atoms with Gasteiger partial charge in [0, 0.05) is 31.8 Å². The standard InChI is InChI=1S/C23H36N2O5/c1-17-14-18(15-23(27)29-17)24(2)12-5-4-6-22(26)25-13-11-21(16-25)30-20-9-7-19(28-3)8-10-20/h7-10,17-18,21,23,27H,4-6,11-16H2,1-3H3. The average molecular weight is 421 g/mol. The number of hydrogen-bond donors (Lipinski definition) is 1. The zero-order chi connectivity index (χ0) is 21.5. The molecule has 0 aliphatic carbocycles. The number of likely N-dealkylation sites (tertiary alicyclic amines) is 1. The highest BCUT2D eigenvalue weighted by Crippen LogP contribution is 2.23. The second kappa shape index (κ2) is 11.0. The summed E-state index contributed by atoms with van der Waals surface area (Å²) in [6.07, 6.45) is 4.38. The SMILES string of the molecule is COc1ccc(OC2CCN(C(=O)CCCCN(C)C3CC(C)OC(O)C3)C2)cc1. The summed E-state index contributed by atoms with van der Waals surface area (Å²) in [5, 5.41) is 9.79. The van der Waals surface area contributed by atoms with Gasteiger partial charge in [-0.1, -0.05) is 0 Å². The van der Waals surface area contributed by atoms with Crippen molar-refractivity contribution in [2.24, 2.45) is 0 Å². The zero-order valence-electron chi connectivity index (χ0n) is 18.5. The lowest BCUT2D eigenvalue weighted by atomic mass is 10.0. The van der Waals surface area contributed by atoms with Gasteiger partial charge in [0.05, 0.1) is 19.8 Å². The van der Waals surface area contributed by atoms with E-state index in [9.17, 15) is 9.90 Å². The van der Waals surface area contributed by atoms with Crippen molar-refractivity contribution in [1.82, 2.24) is 9.80 Å². The molecule has 7 nitrogen and oxygen atoms in total. The monoisotopic (exact) mass is 420 g/mol. The van der Waals surface area contributed by atoms with Crippen molar-refractivity contribution in [3.05, 3.63) is 24.3 Å². The molecule has 1 amide bonds. The van der Waals surface area contributed by atoms with Gasteiger partial charge in [0.15, 0.2) is 6.29 Å². The van der Waals surface area contributed by atoms with Crippen LogP contribution in [0.1, 0.15) is 45.4 Å². The number of carbonyl (C=O) groups is 1. The van der Waals surface area contributed by atoms with Gasteiger partial charge < -0.3 is 29.1 Å². The van der Waals surface area contributed by atoms with Crippen molar-refractivity contribution in [1.29, 1.82) is 0 Å². The normalized spacial score (nSPS) is 26.8. The van der Waals surface area contributed by atoms with Crippen molar-refractivity contribution in [2.45, 2.75) is 70.0 Å². The van der Waals surface area contributed by atoms with Crippen LogP contribution in [0.5, 0.6) is 11.5 Å². The minimum Gasteiger partial charge on any atom is -0.497 e.